The van der Waals surface area contributed by atoms with Gasteiger partial charge in [-0.2, -0.15) is 0 Å². The fourth-order valence-corrected chi connectivity index (χ4v) is 1.74. The van der Waals surface area contributed by atoms with Crippen LogP contribution in [0.15, 0.2) is 0 Å². The molecule has 1 aliphatic heterocycles. The van der Waals surface area contributed by atoms with Gasteiger partial charge >= 0.3 is 0 Å². The SMILES string of the molecule is CS(=N)(=O)N1CCOCC1.Cl. The molecule has 0 aromatic heterocycles. The summed E-state index contributed by atoms with van der Waals surface area (Å²) < 4.78 is 25.0. The number of halogens is 1. The standard InChI is InChI=1S/C5H12N2O2S.ClH/c1-10(6,8)7-2-4-9-5-3-7;/h6H,2-5H2,1H3;1H. The second-order valence-electron chi connectivity index (χ2n) is 2.34. The van der Waals surface area contributed by atoms with Gasteiger partial charge in [0.15, 0.2) is 0 Å². The molecule has 0 aliphatic carbocycles. The number of nitrogens with zero attached hydrogens (tertiary/aromatic N) is 1. The molecule has 0 bridgehead atoms. The van der Waals surface area contributed by atoms with Crippen molar-refractivity contribution in [3.8, 4) is 0 Å². The van der Waals surface area contributed by atoms with Crippen LogP contribution in [0.2, 0.25) is 0 Å². The van der Waals surface area contributed by atoms with Gasteiger partial charge in [0.05, 0.1) is 13.2 Å². The van der Waals surface area contributed by atoms with Crippen LogP contribution >= 0.6 is 12.4 Å². The third-order valence-corrected chi connectivity index (χ3v) is 2.81. The van der Waals surface area contributed by atoms with Crippen molar-refractivity contribution in [2.24, 2.45) is 0 Å². The van der Waals surface area contributed by atoms with Crippen LogP contribution in [0.1, 0.15) is 0 Å². The normalized spacial score (nSPS) is 25.2. The number of morpholine rings is 1. The fraction of sp³-hybridized carbons (Fsp3) is 1.00. The average Bonchev–Trinajstić information content (AvgIpc) is 1.88. The molecule has 1 heterocycles. The van der Waals surface area contributed by atoms with Gasteiger partial charge < -0.3 is 4.74 Å². The van der Waals surface area contributed by atoms with Gasteiger partial charge in [-0.15, -0.1) is 12.4 Å². The summed E-state index contributed by atoms with van der Waals surface area (Å²) in [4.78, 5) is 0. The molecule has 1 rings (SSSR count). The molecule has 68 valence electrons. The van der Waals surface area contributed by atoms with Gasteiger partial charge in [0.1, 0.15) is 9.92 Å². The third-order valence-electron chi connectivity index (χ3n) is 1.46. The van der Waals surface area contributed by atoms with E-state index in [1.165, 1.54) is 6.26 Å². The van der Waals surface area contributed by atoms with Crippen LogP contribution in [-0.4, -0.2) is 41.1 Å². The van der Waals surface area contributed by atoms with Crippen molar-refractivity contribution in [2.45, 2.75) is 0 Å². The van der Waals surface area contributed by atoms with Gasteiger partial charge in [0.25, 0.3) is 0 Å². The van der Waals surface area contributed by atoms with Crippen molar-refractivity contribution in [3.63, 3.8) is 0 Å². The summed E-state index contributed by atoms with van der Waals surface area (Å²) >= 11 is 0. The maximum Gasteiger partial charge on any atom is 0.105 e. The van der Waals surface area contributed by atoms with E-state index in [9.17, 15) is 4.21 Å². The molecule has 0 amide bonds. The molecule has 11 heavy (non-hydrogen) atoms. The van der Waals surface area contributed by atoms with E-state index in [-0.39, 0.29) is 12.4 Å². The number of nitrogens with one attached hydrogen (secondary N) is 1. The van der Waals surface area contributed by atoms with Crippen LogP contribution in [0, 0.1) is 4.78 Å². The Morgan fingerprint density at radius 1 is 1.45 bits per heavy atom. The largest absolute Gasteiger partial charge is 0.379 e. The Labute approximate surface area is 73.4 Å². The van der Waals surface area contributed by atoms with Crippen molar-refractivity contribution in [1.82, 2.24) is 4.31 Å². The predicted molar refractivity (Wildman–Crippen MR) is 46.4 cm³/mol. The highest BCUT2D eigenvalue weighted by Gasteiger charge is 2.15. The summed E-state index contributed by atoms with van der Waals surface area (Å²) in [7, 11) is -2.47. The first kappa shape index (κ1) is 11.2. The van der Waals surface area contributed by atoms with E-state index < -0.39 is 9.92 Å². The monoisotopic (exact) mass is 200 g/mol. The van der Waals surface area contributed by atoms with Crippen molar-refractivity contribution >= 4 is 22.3 Å². The molecule has 4 nitrogen and oxygen atoms in total. The Bertz CT molecular complexity index is 199. The average molecular weight is 201 g/mol. The summed E-state index contributed by atoms with van der Waals surface area (Å²) in [6.07, 6.45) is 1.44. The van der Waals surface area contributed by atoms with Crippen molar-refractivity contribution in [1.29, 1.82) is 4.78 Å². The lowest BCUT2D eigenvalue weighted by atomic mass is 10.5. The lowest BCUT2D eigenvalue weighted by Crippen LogP contribution is -2.39. The molecule has 0 saturated carbocycles. The van der Waals surface area contributed by atoms with Crippen molar-refractivity contribution in [2.75, 3.05) is 32.6 Å². The molecule has 0 radical (unpaired) electrons. The second kappa shape index (κ2) is 4.25. The summed E-state index contributed by atoms with van der Waals surface area (Å²) in [5, 5.41) is 0. The molecule has 6 heteroatoms. The molecule has 0 aromatic carbocycles. The van der Waals surface area contributed by atoms with E-state index in [1.807, 2.05) is 0 Å². The van der Waals surface area contributed by atoms with E-state index in [1.54, 1.807) is 4.31 Å². The Balaban J connectivity index is 0.000001000. The van der Waals surface area contributed by atoms with Crippen LogP contribution in [0.4, 0.5) is 0 Å². The van der Waals surface area contributed by atoms with E-state index in [2.05, 4.69) is 0 Å². The minimum atomic E-state index is -2.47. The predicted octanol–water partition coefficient (Wildman–Crippen LogP) is 0.332. The molecule has 0 aromatic rings. The maximum absolute atomic E-state index is 11.1. The first-order valence-electron chi connectivity index (χ1n) is 3.17. The number of hydrogen-bond acceptors (Lipinski definition) is 3. The fourth-order valence-electron chi connectivity index (χ4n) is 0.895. The van der Waals surface area contributed by atoms with E-state index in [0.29, 0.717) is 26.3 Å². The van der Waals surface area contributed by atoms with Crippen molar-refractivity contribution < 1.29 is 8.95 Å². The van der Waals surface area contributed by atoms with E-state index in [0.717, 1.165) is 0 Å². The second-order valence-corrected chi connectivity index (χ2v) is 4.47. The van der Waals surface area contributed by atoms with Gasteiger partial charge in [-0.1, -0.05) is 0 Å². The molecule has 1 atom stereocenters. The minimum Gasteiger partial charge on any atom is -0.379 e. The highest BCUT2D eigenvalue weighted by molar-refractivity contribution is 7.89. The van der Waals surface area contributed by atoms with E-state index >= 15 is 0 Å². The van der Waals surface area contributed by atoms with Crippen LogP contribution in [0.25, 0.3) is 0 Å². The summed E-state index contributed by atoms with van der Waals surface area (Å²) in [5.41, 5.74) is 0. The summed E-state index contributed by atoms with van der Waals surface area (Å²) in [5.74, 6) is 0. The highest BCUT2D eigenvalue weighted by atomic mass is 35.5. The summed E-state index contributed by atoms with van der Waals surface area (Å²) in [6.45, 7) is 2.45. The molecule has 1 saturated heterocycles. The summed E-state index contributed by atoms with van der Waals surface area (Å²) in [6, 6.07) is 0. The number of rotatable bonds is 1. The van der Waals surface area contributed by atoms with Gasteiger partial charge in [0.2, 0.25) is 0 Å². The number of ether oxygens (including phenoxy) is 1. The Kier molecular flexibility index (Phi) is 4.31. The third kappa shape index (κ3) is 3.37. The molecule has 1 unspecified atom stereocenters. The van der Waals surface area contributed by atoms with Gasteiger partial charge in [-0.3, -0.25) is 0 Å². The molecule has 0 spiro atoms. The van der Waals surface area contributed by atoms with Crippen molar-refractivity contribution in [3.05, 3.63) is 0 Å². The molecule has 1 N–H and O–H groups in total. The molecule has 1 fully saturated rings. The Hall–Kier alpha value is 0.160. The van der Waals surface area contributed by atoms with E-state index in [4.69, 9.17) is 9.52 Å². The zero-order valence-electron chi connectivity index (χ0n) is 6.41. The molecule has 1 aliphatic rings. The zero-order valence-corrected chi connectivity index (χ0v) is 8.04. The van der Waals surface area contributed by atoms with Gasteiger partial charge in [0, 0.05) is 19.3 Å². The van der Waals surface area contributed by atoms with Crippen LogP contribution in [0.3, 0.4) is 0 Å². The van der Waals surface area contributed by atoms with Gasteiger partial charge in [-0.05, 0) is 0 Å². The first-order valence-corrected chi connectivity index (χ1v) is 5.09. The number of hydrogen-bond donors (Lipinski definition) is 1. The topological polar surface area (TPSA) is 53.4 Å². The molecular weight excluding hydrogens is 188 g/mol. The first-order chi connectivity index (χ1) is 4.61. The van der Waals surface area contributed by atoms with Crippen LogP contribution < -0.4 is 0 Å². The lowest BCUT2D eigenvalue weighted by Gasteiger charge is -2.25. The maximum atomic E-state index is 11.1. The lowest BCUT2D eigenvalue weighted by molar-refractivity contribution is 0.0746. The zero-order chi connectivity index (χ0) is 7.61. The van der Waals surface area contributed by atoms with Gasteiger partial charge in [-0.25, -0.2) is 13.3 Å². The van der Waals surface area contributed by atoms with Crippen LogP contribution in [-0.2, 0) is 14.7 Å². The highest BCUT2D eigenvalue weighted by Crippen LogP contribution is 2.02. The Morgan fingerprint density at radius 3 is 2.18 bits per heavy atom. The quantitative estimate of drug-likeness (QED) is 0.664. The van der Waals surface area contributed by atoms with Crippen LogP contribution in [0.5, 0.6) is 0 Å². The Morgan fingerprint density at radius 2 is 1.91 bits per heavy atom. The minimum absolute atomic E-state index is 0. The smallest absolute Gasteiger partial charge is 0.105 e. The molecular formula is C5H13ClN2O2S.